The average Bonchev–Trinajstić information content (AvgIpc) is 2.35. The normalized spacial score (nSPS) is 13.7. The van der Waals surface area contributed by atoms with Gasteiger partial charge in [-0.3, -0.25) is 4.57 Å². The molecule has 6 nitrogen and oxygen atoms in total. The first-order valence-electron chi connectivity index (χ1n) is 5.44. The van der Waals surface area contributed by atoms with Crippen molar-refractivity contribution in [1.29, 1.82) is 0 Å². The second-order valence-corrected chi connectivity index (χ2v) is 5.30. The average molecular weight is 273 g/mol. The van der Waals surface area contributed by atoms with Crippen LogP contribution in [-0.2, 0) is 20.4 Å². The molecular formula is C11H16NO5P. The van der Waals surface area contributed by atoms with Gasteiger partial charge in [0.1, 0.15) is 12.9 Å². The monoisotopic (exact) mass is 273 g/mol. The largest absolute Gasteiger partial charge is 0.445 e. The number of hydrogen-bond donors (Lipinski definition) is 2. The standard InChI is InChI=1S/C11H16NO5P/c1-2-17-18(14,15)9-12-11(13)16-8-10-6-4-3-5-7-10/h3-7H,2,8-9H2,1H3,(H,12,13)(H,14,15). The van der Waals surface area contributed by atoms with E-state index in [2.05, 4.69) is 9.84 Å². The number of carbonyl (C=O) groups excluding carboxylic acids is 1. The van der Waals surface area contributed by atoms with Gasteiger partial charge in [-0.1, -0.05) is 30.3 Å². The van der Waals surface area contributed by atoms with Crippen molar-refractivity contribution < 1.29 is 23.5 Å². The maximum absolute atomic E-state index is 11.3. The Morgan fingerprint density at radius 3 is 2.67 bits per heavy atom. The van der Waals surface area contributed by atoms with Crippen LogP contribution in [0.2, 0.25) is 0 Å². The van der Waals surface area contributed by atoms with Gasteiger partial charge < -0.3 is 19.5 Å². The second-order valence-electron chi connectivity index (χ2n) is 3.45. The first kappa shape index (κ1) is 14.7. The van der Waals surface area contributed by atoms with E-state index < -0.39 is 20.0 Å². The number of amides is 1. The molecule has 0 spiro atoms. The fourth-order valence-corrected chi connectivity index (χ4v) is 2.01. The van der Waals surface area contributed by atoms with Gasteiger partial charge in [0.15, 0.2) is 0 Å². The number of rotatable bonds is 6. The third-order valence-electron chi connectivity index (χ3n) is 1.97. The molecule has 0 saturated carbocycles. The fourth-order valence-electron chi connectivity index (χ4n) is 1.19. The van der Waals surface area contributed by atoms with Gasteiger partial charge in [0.05, 0.1) is 6.61 Å². The summed E-state index contributed by atoms with van der Waals surface area (Å²) < 4.78 is 20.7. The minimum absolute atomic E-state index is 0.106. The SMILES string of the molecule is CCOP(=O)(O)CNC(=O)OCc1ccccc1. The molecule has 0 radical (unpaired) electrons. The van der Waals surface area contributed by atoms with Crippen LogP contribution in [0.1, 0.15) is 12.5 Å². The zero-order chi connectivity index (χ0) is 13.4. The first-order chi connectivity index (χ1) is 8.53. The number of nitrogens with one attached hydrogen (secondary N) is 1. The van der Waals surface area contributed by atoms with E-state index in [9.17, 15) is 14.3 Å². The Morgan fingerprint density at radius 1 is 1.39 bits per heavy atom. The Bertz CT molecular complexity index is 423. The van der Waals surface area contributed by atoms with Crippen molar-refractivity contribution in [2.24, 2.45) is 0 Å². The summed E-state index contributed by atoms with van der Waals surface area (Å²) in [6.07, 6.45) is -1.22. The van der Waals surface area contributed by atoms with E-state index in [4.69, 9.17) is 4.74 Å². The molecule has 0 aliphatic heterocycles. The zero-order valence-electron chi connectivity index (χ0n) is 10.0. The van der Waals surface area contributed by atoms with Gasteiger partial charge in [0.25, 0.3) is 0 Å². The molecule has 7 heteroatoms. The third kappa shape index (κ3) is 5.82. The summed E-state index contributed by atoms with van der Waals surface area (Å²) in [4.78, 5) is 20.5. The molecule has 18 heavy (non-hydrogen) atoms. The maximum Gasteiger partial charge on any atom is 0.408 e. The molecule has 1 aromatic rings. The number of hydrogen-bond acceptors (Lipinski definition) is 4. The Labute approximate surface area is 105 Å². The lowest BCUT2D eigenvalue weighted by Crippen LogP contribution is -2.25. The van der Waals surface area contributed by atoms with Crippen LogP contribution in [0.25, 0.3) is 0 Å². The van der Waals surface area contributed by atoms with E-state index in [0.29, 0.717) is 0 Å². The molecule has 0 aliphatic rings. The molecule has 1 aromatic carbocycles. The highest BCUT2D eigenvalue weighted by Crippen LogP contribution is 2.39. The van der Waals surface area contributed by atoms with Crippen molar-refractivity contribution in [1.82, 2.24) is 5.32 Å². The van der Waals surface area contributed by atoms with Crippen molar-refractivity contribution >= 4 is 13.7 Å². The highest BCUT2D eigenvalue weighted by molar-refractivity contribution is 7.52. The molecule has 0 aliphatic carbocycles. The van der Waals surface area contributed by atoms with Gasteiger partial charge in [0.2, 0.25) is 0 Å². The Morgan fingerprint density at radius 2 is 2.06 bits per heavy atom. The van der Waals surface area contributed by atoms with Crippen molar-refractivity contribution in [3.05, 3.63) is 35.9 Å². The lowest BCUT2D eigenvalue weighted by atomic mass is 10.2. The van der Waals surface area contributed by atoms with Gasteiger partial charge >= 0.3 is 13.7 Å². The first-order valence-corrected chi connectivity index (χ1v) is 7.20. The summed E-state index contributed by atoms with van der Waals surface area (Å²) >= 11 is 0. The number of carbonyl (C=O) groups is 1. The maximum atomic E-state index is 11.3. The van der Waals surface area contributed by atoms with E-state index >= 15 is 0 Å². The van der Waals surface area contributed by atoms with Crippen molar-refractivity contribution in [3.63, 3.8) is 0 Å². The lowest BCUT2D eigenvalue weighted by Gasteiger charge is -2.11. The minimum atomic E-state index is -3.75. The van der Waals surface area contributed by atoms with Gasteiger partial charge in [0, 0.05) is 0 Å². The fraction of sp³-hybridized carbons (Fsp3) is 0.364. The molecule has 0 bridgehead atoms. The lowest BCUT2D eigenvalue weighted by molar-refractivity contribution is 0.140. The number of alkyl carbamates (subject to hydrolysis) is 1. The molecule has 1 amide bonds. The van der Waals surface area contributed by atoms with Crippen molar-refractivity contribution in [2.75, 3.05) is 12.9 Å². The second kappa shape index (κ2) is 7.16. The van der Waals surface area contributed by atoms with Crippen LogP contribution in [0, 0.1) is 0 Å². The van der Waals surface area contributed by atoms with Crippen LogP contribution in [0.4, 0.5) is 4.79 Å². The van der Waals surface area contributed by atoms with Crippen LogP contribution in [0.15, 0.2) is 30.3 Å². The molecule has 1 rings (SSSR count). The predicted octanol–water partition coefficient (Wildman–Crippen LogP) is 2.09. The number of ether oxygens (including phenoxy) is 1. The molecule has 0 heterocycles. The number of benzene rings is 1. The molecule has 2 N–H and O–H groups in total. The Kier molecular flexibility index (Phi) is 5.85. The van der Waals surface area contributed by atoms with Crippen LogP contribution < -0.4 is 5.32 Å². The predicted molar refractivity (Wildman–Crippen MR) is 66.1 cm³/mol. The van der Waals surface area contributed by atoms with Crippen LogP contribution in [0.5, 0.6) is 0 Å². The summed E-state index contributed by atoms with van der Waals surface area (Å²) in [5, 5.41) is 2.18. The Balaban J connectivity index is 2.28. The van der Waals surface area contributed by atoms with Crippen LogP contribution >= 0.6 is 7.60 Å². The summed E-state index contributed by atoms with van der Waals surface area (Å²) in [5.41, 5.74) is 0.838. The molecular weight excluding hydrogens is 257 g/mol. The van der Waals surface area contributed by atoms with E-state index in [0.717, 1.165) is 5.56 Å². The van der Waals surface area contributed by atoms with E-state index in [-0.39, 0.29) is 13.2 Å². The van der Waals surface area contributed by atoms with Crippen molar-refractivity contribution in [2.45, 2.75) is 13.5 Å². The van der Waals surface area contributed by atoms with Gasteiger partial charge in [-0.25, -0.2) is 4.79 Å². The van der Waals surface area contributed by atoms with E-state index in [1.165, 1.54) is 0 Å². The minimum Gasteiger partial charge on any atom is -0.445 e. The Hall–Kier alpha value is -1.36. The molecule has 0 saturated heterocycles. The highest BCUT2D eigenvalue weighted by atomic mass is 31.2. The van der Waals surface area contributed by atoms with E-state index in [1.54, 1.807) is 6.92 Å². The molecule has 100 valence electrons. The summed E-state index contributed by atoms with van der Waals surface area (Å²) in [5.74, 6) is 0. The van der Waals surface area contributed by atoms with Crippen LogP contribution in [-0.4, -0.2) is 23.9 Å². The molecule has 0 aromatic heterocycles. The van der Waals surface area contributed by atoms with Crippen LogP contribution in [0.3, 0.4) is 0 Å². The molecule has 1 unspecified atom stereocenters. The van der Waals surface area contributed by atoms with Gasteiger partial charge in [-0.05, 0) is 12.5 Å². The van der Waals surface area contributed by atoms with Gasteiger partial charge in [-0.2, -0.15) is 0 Å². The van der Waals surface area contributed by atoms with E-state index in [1.807, 2.05) is 30.3 Å². The topological polar surface area (TPSA) is 84.9 Å². The zero-order valence-corrected chi connectivity index (χ0v) is 10.9. The molecule has 0 fully saturated rings. The third-order valence-corrected chi connectivity index (χ3v) is 3.19. The summed E-state index contributed by atoms with van der Waals surface area (Å²) in [7, 11) is -3.75. The van der Waals surface area contributed by atoms with Gasteiger partial charge in [-0.15, -0.1) is 0 Å². The quantitative estimate of drug-likeness (QED) is 0.775. The summed E-state index contributed by atoms with van der Waals surface area (Å²) in [6, 6.07) is 9.13. The summed E-state index contributed by atoms with van der Waals surface area (Å²) in [6.45, 7) is 1.81. The van der Waals surface area contributed by atoms with Crippen molar-refractivity contribution in [3.8, 4) is 0 Å². The smallest absolute Gasteiger partial charge is 0.408 e. The molecule has 1 atom stereocenters. The highest BCUT2D eigenvalue weighted by Gasteiger charge is 2.19.